The van der Waals surface area contributed by atoms with Crippen LogP contribution >= 0.6 is 0 Å². The minimum absolute atomic E-state index is 0.488. The van der Waals surface area contributed by atoms with Crippen LogP contribution in [0.3, 0.4) is 0 Å². The molecule has 1 fully saturated rings. The smallest absolute Gasteiger partial charge is 0.151 e. The zero-order chi connectivity index (χ0) is 10.7. The highest BCUT2D eigenvalue weighted by atomic mass is 15.3. The maximum absolute atomic E-state index is 5.51. The summed E-state index contributed by atoms with van der Waals surface area (Å²) in [6, 6.07) is 3.77. The lowest BCUT2D eigenvalue weighted by molar-refractivity contribution is 0.393. The predicted octanol–water partition coefficient (Wildman–Crippen LogP) is 1.69. The molecule has 1 aliphatic rings. The number of aromatic nitrogens is 2. The number of nitrogens with zero attached hydrogens (tertiary/aromatic N) is 3. The molecule has 0 bridgehead atoms. The van der Waals surface area contributed by atoms with Gasteiger partial charge in [-0.15, -0.1) is 10.2 Å². The van der Waals surface area contributed by atoms with Gasteiger partial charge in [-0.1, -0.05) is 13.3 Å². The number of hydrogen-bond donors (Lipinski definition) is 1. The van der Waals surface area contributed by atoms with Crippen LogP contribution in [0, 0.1) is 5.92 Å². The molecule has 4 nitrogen and oxygen atoms in total. The lowest BCUT2D eigenvalue weighted by Gasteiger charge is -2.31. The van der Waals surface area contributed by atoms with Crippen molar-refractivity contribution in [3.8, 4) is 0 Å². The molecule has 0 spiro atoms. The minimum Gasteiger partial charge on any atom is -0.382 e. The first-order valence-corrected chi connectivity index (χ1v) is 5.63. The fourth-order valence-corrected chi connectivity index (χ4v) is 2.07. The second-order valence-corrected chi connectivity index (χ2v) is 4.16. The number of nitrogen functional groups attached to an aromatic ring is 1. The molecule has 0 saturated carbocycles. The van der Waals surface area contributed by atoms with Gasteiger partial charge in [-0.25, -0.2) is 0 Å². The third kappa shape index (κ3) is 2.37. The fourth-order valence-electron chi connectivity index (χ4n) is 2.07. The van der Waals surface area contributed by atoms with Crippen LogP contribution in [0.5, 0.6) is 0 Å². The zero-order valence-electron chi connectivity index (χ0n) is 9.19. The second kappa shape index (κ2) is 4.47. The van der Waals surface area contributed by atoms with Gasteiger partial charge in [-0.3, -0.25) is 0 Å². The van der Waals surface area contributed by atoms with E-state index >= 15 is 0 Å². The van der Waals surface area contributed by atoms with E-state index in [1.165, 1.54) is 19.3 Å². The van der Waals surface area contributed by atoms with Crippen LogP contribution in [0.15, 0.2) is 12.1 Å². The number of anilines is 2. The van der Waals surface area contributed by atoms with Crippen molar-refractivity contribution >= 4 is 11.6 Å². The summed E-state index contributed by atoms with van der Waals surface area (Å²) in [7, 11) is 0. The molecular formula is C11H18N4. The number of rotatable bonds is 2. The lowest BCUT2D eigenvalue weighted by atomic mass is 9.94. The van der Waals surface area contributed by atoms with Crippen LogP contribution in [0.25, 0.3) is 0 Å². The number of nitrogens with two attached hydrogens (primary N) is 1. The van der Waals surface area contributed by atoms with E-state index in [0.29, 0.717) is 5.82 Å². The SMILES string of the molecule is CCC1CCN(c2ccc(N)nn2)CC1. The molecule has 0 atom stereocenters. The second-order valence-electron chi connectivity index (χ2n) is 4.16. The van der Waals surface area contributed by atoms with Gasteiger partial charge in [0.1, 0.15) is 5.82 Å². The highest BCUT2D eigenvalue weighted by molar-refractivity contribution is 5.41. The van der Waals surface area contributed by atoms with E-state index in [4.69, 9.17) is 5.73 Å². The zero-order valence-corrected chi connectivity index (χ0v) is 9.19. The molecular weight excluding hydrogens is 188 g/mol. The molecule has 0 aliphatic carbocycles. The van der Waals surface area contributed by atoms with Crippen molar-refractivity contribution in [2.75, 3.05) is 23.7 Å². The van der Waals surface area contributed by atoms with E-state index in [0.717, 1.165) is 24.8 Å². The van der Waals surface area contributed by atoms with Crippen molar-refractivity contribution in [3.63, 3.8) is 0 Å². The van der Waals surface area contributed by atoms with Crippen LogP contribution in [-0.2, 0) is 0 Å². The monoisotopic (exact) mass is 206 g/mol. The first kappa shape index (κ1) is 10.2. The molecule has 1 aromatic heterocycles. The maximum Gasteiger partial charge on any atom is 0.151 e. The van der Waals surface area contributed by atoms with Crippen LogP contribution in [0.4, 0.5) is 11.6 Å². The summed E-state index contributed by atoms with van der Waals surface area (Å²) < 4.78 is 0. The Bertz CT molecular complexity index is 301. The predicted molar refractivity (Wildman–Crippen MR) is 61.7 cm³/mol. The number of hydrogen-bond acceptors (Lipinski definition) is 4. The Labute approximate surface area is 90.5 Å². The third-order valence-electron chi connectivity index (χ3n) is 3.19. The first-order chi connectivity index (χ1) is 7.29. The van der Waals surface area contributed by atoms with E-state index in [2.05, 4.69) is 22.0 Å². The first-order valence-electron chi connectivity index (χ1n) is 5.63. The average Bonchev–Trinajstić information content (AvgIpc) is 2.30. The maximum atomic E-state index is 5.51. The molecule has 0 radical (unpaired) electrons. The summed E-state index contributed by atoms with van der Waals surface area (Å²) in [5.41, 5.74) is 5.51. The van der Waals surface area contributed by atoms with E-state index in [1.54, 1.807) is 0 Å². The Hall–Kier alpha value is -1.32. The molecule has 1 aromatic rings. The van der Waals surface area contributed by atoms with Crippen molar-refractivity contribution in [1.82, 2.24) is 10.2 Å². The van der Waals surface area contributed by atoms with Crippen LogP contribution in [0.2, 0.25) is 0 Å². The van der Waals surface area contributed by atoms with Crippen LogP contribution in [-0.4, -0.2) is 23.3 Å². The van der Waals surface area contributed by atoms with Gasteiger partial charge in [0.25, 0.3) is 0 Å². The molecule has 4 heteroatoms. The molecule has 0 aromatic carbocycles. The molecule has 2 N–H and O–H groups in total. The van der Waals surface area contributed by atoms with Crippen molar-refractivity contribution in [1.29, 1.82) is 0 Å². The molecule has 82 valence electrons. The van der Waals surface area contributed by atoms with E-state index in [9.17, 15) is 0 Å². The third-order valence-corrected chi connectivity index (χ3v) is 3.19. The Morgan fingerprint density at radius 2 is 2.07 bits per heavy atom. The van der Waals surface area contributed by atoms with Gasteiger partial charge in [-0.2, -0.15) is 0 Å². The summed E-state index contributed by atoms with van der Waals surface area (Å²) >= 11 is 0. The summed E-state index contributed by atoms with van der Waals surface area (Å²) in [6.07, 6.45) is 3.83. The Morgan fingerprint density at radius 3 is 2.60 bits per heavy atom. The molecule has 15 heavy (non-hydrogen) atoms. The minimum atomic E-state index is 0.488. The lowest BCUT2D eigenvalue weighted by Crippen LogP contribution is -2.34. The normalized spacial score (nSPS) is 18.1. The summed E-state index contributed by atoms with van der Waals surface area (Å²) in [5.74, 6) is 2.34. The van der Waals surface area contributed by atoms with Gasteiger partial charge in [0.05, 0.1) is 0 Å². The quantitative estimate of drug-likeness (QED) is 0.800. The highest BCUT2D eigenvalue weighted by Gasteiger charge is 2.18. The fraction of sp³-hybridized carbons (Fsp3) is 0.636. The number of piperidine rings is 1. The van der Waals surface area contributed by atoms with Gasteiger partial charge >= 0.3 is 0 Å². The van der Waals surface area contributed by atoms with Gasteiger partial charge in [0.15, 0.2) is 5.82 Å². The molecule has 2 heterocycles. The Morgan fingerprint density at radius 1 is 1.33 bits per heavy atom. The van der Waals surface area contributed by atoms with Gasteiger partial charge < -0.3 is 10.6 Å². The van der Waals surface area contributed by atoms with Crippen LogP contribution in [0.1, 0.15) is 26.2 Å². The topological polar surface area (TPSA) is 55.0 Å². The summed E-state index contributed by atoms with van der Waals surface area (Å²) in [6.45, 7) is 4.46. The Balaban J connectivity index is 1.98. The van der Waals surface area contributed by atoms with E-state index in [-0.39, 0.29) is 0 Å². The van der Waals surface area contributed by atoms with Crippen LogP contribution < -0.4 is 10.6 Å². The molecule has 2 rings (SSSR count). The highest BCUT2D eigenvalue weighted by Crippen LogP contribution is 2.23. The van der Waals surface area contributed by atoms with Crippen molar-refractivity contribution in [3.05, 3.63) is 12.1 Å². The summed E-state index contributed by atoms with van der Waals surface area (Å²) in [5, 5.41) is 7.98. The van der Waals surface area contributed by atoms with E-state index in [1.807, 2.05) is 12.1 Å². The molecule has 1 saturated heterocycles. The van der Waals surface area contributed by atoms with Crippen molar-refractivity contribution < 1.29 is 0 Å². The molecule has 0 unspecified atom stereocenters. The average molecular weight is 206 g/mol. The van der Waals surface area contributed by atoms with Gasteiger partial charge in [0, 0.05) is 13.1 Å². The van der Waals surface area contributed by atoms with Crippen molar-refractivity contribution in [2.45, 2.75) is 26.2 Å². The largest absolute Gasteiger partial charge is 0.382 e. The van der Waals surface area contributed by atoms with Gasteiger partial charge in [-0.05, 0) is 30.9 Å². The molecule has 1 aliphatic heterocycles. The van der Waals surface area contributed by atoms with Gasteiger partial charge in [0.2, 0.25) is 0 Å². The van der Waals surface area contributed by atoms with E-state index < -0.39 is 0 Å². The van der Waals surface area contributed by atoms with Crippen molar-refractivity contribution in [2.24, 2.45) is 5.92 Å². The molecule has 0 amide bonds. The summed E-state index contributed by atoms with van der Waals surface area (Å²) in [4.78, 5) is 2.29. The Kier molecular flexibility index (Phi) is 3.04. The standard InChI is InChI=1S/C11H18N4/c1-2-9-5-7-15(8-6-9)11-4-3-10(12)13-14-11/h3-4,9H,2,5-8H2,1H3,(H2,12,13).